The lowest BCUT2D eigenvalue weighted by Gasteiger charge is -2.43. The van der Waals surface area contributed by atoms with E-state index in [1.165, 1.54) is 16.0 Å². The van der Waals surface area contributed by atoms with E-state index < -0.39 is 5.97 Å². The zero-order valence-electron chi connectivity index (χ0n) is 15.3. The highest BCUT2D eigenvalue weighted by atomic mass is 32.2. The second-order valence-electron chi connectivity index (χ2n) is 6.80. The standard InChI is InChI=1S/C21H26N2O2S/c1-16-14-23(12-11-22(16)15-20(24)25)21(17-7-4-3-5-8-17)18-9-6-10-19(13-18)26-2/h3-10,13,16,21H,11-12,14-15H2,1-2H3,(H,24,25)/t16-,21?/m1/s1. The van der Waals surface area contributed by atoms with Crippen LogP contribution in [0.5, 0.6) is 0 Å². The van der Waals surface area contributed by atoms with Crippen LogP contribution < -0.4 is 0 Å². The van der Waals surface area contributed by atoms with Crippen LogP contribution in [0.4, 0.5) is 0 Å². The van der Waals surface area contributed by atoms with Crippen molar-refractivity contribution in [1.29, 1.82) is 0 Å². The average Bonchev–Trinajstić information content (AvgIpc) is 2.65. The molecule has 0 radical (unpaired) electrons. The molecule has 2 aromatic carbocycles. The summed E-state index contributed by atoms with van der Waals surface area (Å²) in [6, 6.07) is 19.7. The first-order chi connectivity index (χ1) is 12.6. The maximum Gasteiger partial charge on any atom is 0.317 e. The highest BCUT2D eigenvalue weighted by molar-refractivity contribution is 7.98. The van der Waals surface area contributed by atoms with E-state index in [4.69, 9.17) is 5.11 Å². The monoisotopic (exact) mass is 370 g/mol. The predicted molar refractivity (Wildman–Crippen MR) is 107 cm³/mol. The molecule has 1 aliphatic heterocycles. The van der Waals surface area contributed by atoms with E-state index in [1.54, 1.807) is 11.8 Å². The van der Waals surface area contributed by atoms with Crippen LogP contribution >= 0.6 is 11.8 Å². The molecule has 1 fully saturated rings. The highest BCUT2D eigenvalue weighted by Crippen LogP contribution is 2.32. The van der Waals surface area contributed by atoms with Gasteiger partial charge in [-0.15, -0.1) is 11.8 Å². The Bertz CT molecular complexity index is 738. The summed E-state index contributed by atoms with van der Waals surface area (Å²) in [5.41, 5.74) is 2.58. The SMILES string of the molecule is CSc1cccc(C(c2ccccc2)N2CCN(CC(=O)O)[C@H](C)C2)c1. The lowest BCUT2D eigenvalue weighted by Crippen LogP contribution is -2.54. The zero-order valence-corrected chi connectivity index (χ0v) is 16.2. The van der Waals surface area contributed by atoms with Crippen LogP contribution in [0.15, 0.2) is 59.5 Å². The first-order valence-corrected chi connectivity index (χ1v) is 10.2. The number of piperazine rings is 1. The summed E-state index contributed by atoms with van der Waals surface area (Å²) in [4.78, 5) is 16.9. The fraction of sp³-hybridized carbons (Fsp3) is 0.381. The molecule has 0 amide bonds. The van der Waals surface area contributed by atoms with E-state index in [1.807, 2.05) is 6.07 Å². The number of hydrogen-bond donors (Lipinski definition) is 1. The van der Waals surface area contributed by atoms with Gasteiger partial charge in [0.1, 0.15) is 0 Å². The molecule has 5 heteroatoms. The molecule has 2 atom stereocenters. The largest absolute Gasteiger partial charge is 0.480 e. The van der Waals surface area contributed by atoms with Crippen LogP contribution in [-0.4, -0.2) is 59.4 Å². The number of aliphatic carboxylic acids is 1. The molecule has 1 saturated heterocycles. The predicted octanol–water partition coefficient (Wildman–Crippen LogP) is 3.59. The molecule has 1 heterocycles. The molecular weight excluding hydrogens is 344 g/mol. The summed E-state index contributed by atoms with van der Waals surface area (Å²) in [7, 11) is 0. The highest BCUT2D eigenvalue weighted by Gasteiger charge is 2.31. The van der Waals surface area contributed by atoms with Gasteiger partial charge in [-0.1, -0.05) is 42.5 Å². The Hall–Kier alpha value is -1.82. The molecule has 2 aromatic rings. The molecule has 0 aromatic heterocycles. The minimum atomic E-state index is -0.752. The van der Waals surface area contributed by atoms with Crippen LogP contribution in [0.1, 0.15) is 24.1 Å². The molecule has 0 saturated carbocycles. The summed E-state index contributed by atoms with van der Waals surface area (Å²) in [6.07, 6.45) is 2.10. The number of thioether (sulfide) groups is 1. The molecule has 1 aliphatic rings. The van der Waals surface area contributed by atoms with Crippen molar-refractivity contribution in [2.45, 2.75) is 23.9 Å². The minimum absolute atomic E-state index is 0.118. The topological polar surface area (TPSA) is 43.8 Å². The number of carboxylic acids is 1. The lowest BCUT2D eigenvalue weighted by molar-refractivity contribution is -0.139. The minimum Gasteiger partial charge on any atom is -0.480 e. The van der Waals surface area contributed by atoms with Gasteiger partial charge < -0.3 is 5.11 Å². The average molecular weight is 371 g/mol. The molecule has 26 heavy (non-hydrogen) atoms. The van der Waals surface area contributed by atoms with Crippen molar-refractivity contribution in [3.8, 4) is 0 Å². The van der Waals surface area contributed by atoms with Crippen molar-refractivity contribution in [3.05, 3.63) is 65.7 Å². The number of hydrogen-bond acceptors (Lipinski definition) is 4. The fourth-order valence-electron chi connectivity index (χ4n) is 3.73. The zero-order chi connectivity index (χ0) is 18.5. The van der Waals surface area contributed by atoms with Crippen molar-refractivity contribution in [3.63, 3.8) is 0 Å². The van der Waals surface area contributed by atoms with Crippen LogP contribution in [0, 0.1) is 0 Å². The summed E-state index contributed by atoms with van der Waals surface area (Å²) in [5, 5.41) is 9.11. The fourth-order valence-corrected chi connectivity index (χ4v) is 4.20. The van der Waals surface area contributed by atoms with Crippen molar-refractivity contribution < 1.29 is 9.90 Å². The summed E-state index contributed by atoms with van der Waals surface area (Å²) in [5.74, 6) is -0.752. The Balaban J connectivity index is 1.88. The van der Waals surface area contributed by atoms with Gasteiger partial charge >= 0.3 is 5.97 Å². The molecule has 4 nitrogen and oxygen atoms in total. The van der Waals surface area contributed by atoms with E-state index in [0.717, 1.165) is 19.6 Å². The van der Waals surface area contributed by atoms with Gasteiger partial charge in [0.25, 0.3) is 0 Å². The van der Waals surface area contributed by atoms with Crippen LogP contribution in [-0.2, 0) is 4.79 Å². The van der Waals surface area contributed by atoms with Gasteiger partial charge in [-0.3, -0.25) is 14.6 Å². The third-order valence-corrected chi connectivity index (χ3v) is 5.75. The van der Waals surface area contributed by atoms with E-state index >= 15 is 0 Å². The molecule has 1 unspecified atom stereocenters. The van der Waals surface area contributed by atoms with Gasteiger partial charge in [0, 0.05) is 30.6 Å². The van der Waals surface area contributed by atoms with Crippen LogP contribution in [0.3, 0.4) is 0 Å². The second kappa shape index (κ2) is 8.71. The van der Waals surface area contributed by atoms with E-state index in [-0.39, 0.29) is 18.6 Å². The second-order valence-corrected chi connectivity index (χ2v) is 7.68. The third-order valence-electron chi connectivity index (χ3n) is 5.02. The first-order valence-electron chi connectivity index (χ1n) is 8.97. The number of nitrogens with zero attached hydrogens (tertiary/aromatic N) is 2. The Kier molecular flexibility index (Phi) is 6.35. The van der Waals surface area contributed by atoms with E-state index in [0.29, 0.717) is 0 Å². The smallest absolute Gasteiger partial charge is 0.317 e. The quantitative estimate of drug-likeness (QED) is 0.787. The first kappa shape index (κ1) is 19.0. The Labute approximate surface area is 159 Å². The number of carbonyl (C=O) groups is 1. The summed E-state index contributed by atoms with van der Waals surface area (Å²) >= 11 is 1.76. The molecule has 0 aliphatic carbocycles. The van der Waals surface area contributed by atoms with E-state index in [2.05, 4.69) is 71.5 Å². The van der Waals surface area contributed by atoms with Crippen molar-refractivity contribution >= 4 is 17.7 Å². The lowest BCUT2D eigenvalue weighted by atomic mass is 9.95. The molecule has 0 bridgehead atoms. The molecule has 0 spiro atoms. The Morgan fingerprint density at radius 3 is 2.54 bits per heavy atom. The molecular formula is C21H26N2O2S. The molecule has 138 valence electrons. The maximum atomic E-state index is 11.1. The van der Waals surface area contributed by atoms with Gasteiger partial charge in [-0.05, 0) is 36.4 Å². The van der Waals surface area contributed by atoms with Crippen molar-refractivity contribution in [2.75, 3.05) is 32.4 Å². The van der Waals surface area contributed by atoms with Gasteiger partial charge in [0.2, 0.25) is 0 Å². The van der Waals surface area contributed by atoms with E-state index in [9.17, 15) is 4.79 Å². The number of rotatable bonds is 6. The van der Waals surface area contributed by atoms with Gasteiger partial charge in [0.05, 0.1) is 12.6 Å². The van der Waals surface area contributed by atoms with Gasteiger partial charge in [-0.2, -0.15) is 0 Å². The molecule has 1 N–H and O–H groups in total. The van der Waals surface area contributed by atoms with Crippen molar-refractivity contribution in [1.82, 2.24) is 9.80 Å². The van der Waals surface area contributed by atoms with Gasteiger partial charge in [0.15, 0.2) is 0 Å². The van der Waals surface area contributed by atoms with Crippen LogP contribution in [0.2, 0.25) is 0 Å². The Morgan fingerprint density at radius 1 is 1.15 bits per heavy atom. The summed E-state index contributed by atoms with van der Waals surface area (Å²) < 4.78 is 0. The van der Waals surface area contributed by atoms with Crippen molar-refractivity contribution in [2.24, 2.45) is 0 Å². The maximum absolute atomic E-state index is 11.1. The van der Waals surface area contributed by atoms with Crippen LogP contribution in [0.25, 0.3) is 0 Å². The normalized spacial score (nSPS) is 20.0. The number of benzene rings is 2. The summed E-state index contributed by atoms with van der Waals surface area (Å²) in [6.45, 7) is 4.73. The third kappa shape index (κ3) is 4.47. The Morgan fingerprint density at radius 2 is 1.88 bits per heavy atom. The number of carboxylic acid groups (broad SMARTS) is 1. The molecule has 3 rings (SSSR count). The van der Waals surface area contributed by atoms with Gasteiger partial charge in [-0.25, -0.2) is 0 Å².